The molecule has 0 saturated heterocycles. The van der Waals surface area contributed by atoms with E-state index in [9.17, 15) is 9.50 Å². The molecule has 1 aliphatic carbocycles. The van der Waals surface area contributed by atoms with Gasteiger partial charge >= 0.3 is 0 Å². The summed E-state index contributed by atoms with van der Waals surface area (Å²) in [5, 5.41) is 10.5. The summed E-state index contributed by atoms with van der Waals surface area (Å²) in [4.78, 5) is 0. The van der Waals surface area contributed by atoms with Crippen molar-refractivity contribution < 1.29 is 9.50 Å². The number of hydrogen-bond donors (Lipinski definition) is 1. The molecule has 0 amide bonds. The van der Waals surface area contributed by atoms with Gasteiger partial charge in [-0.05, 0) is 32.8 Å². The molecule has 0 aromatic heterocycles. The fourth-order valence-electron chi connectivity index (χ4n) is 2.01. The van der Waals surface area contributed by atoms with Gasteiger partial charge in [-0.1, -0.05) is 24.6 Å². The normalized spacial score (nSPS) is 22.2. The number of hydrogen-bond acceptors (Lipinski definition) is 1. The fraction of sp³-hybridized carbons (Fsp3) is 0.538. The van der Waals surface area contributed by atoms with Crippen molar-refractivity contribution >= 4 is 0 Å². The maximum atomic E-state index is 13.7. The molecular weight excluding hydrogens is 191 g/mol. The first-order valence-corrected chi connectivity index (χ1v) is 5.36. The molecule has 0 bridgehead atoms. The van der Waals surface area contributed by atoms with Crippen molar-refractivity contribution in [3.05, 3.63) is 35.1 Å². The molecule has 0 aliphatic heterocycles. The highest BCUT2D eigenvalue weighted by Crippen LogP contribution is 2.58. The van der Waals surface area contributed by atoms with E-state index in [2.05, 4.69) is 0 Å². The summed E-state index contributed by atoms with van der Waals surface area (Å²) in [6.07, 6.45) is 1.93. The van der Waals surface area contributed by atoms with Gasteiger partial charge in [-0.15, -0.1) is 0 Å². The third kappa shape index (κ3) is 1.57. The Morgan fingerprint density at radius 2 is 2.00 bits per heavy atom. The van der Waals surface area contributed by atoms with Gasteiger partial charge < -0.3 is 5.11 Å². The van der Waals surface area contributed by atoms with Crippen LogP contribution >= 0.6 is 0 Å². The van der Waals surface area contributed by atoms with Crippen molar-refractivity contribution in [3.8, 4) is 0 Å². The lowest BCUT2D eigenvalue weighted by Crippen LogP contribution is -2.32. The van der Waals surface area contributed by atoms with Gasteiger partial charge in [0.1, 0.15) is 5.82 Å². The molecule has 1 aliphatic rings. The van der Waals surface area contributed by atoms with Gasteiger partial charge in [0.25, 0.3) is 0 Å². The molecule has 82 valence electrons. The minimum absolute atomic E-state index is 0.151. The van der Waals surface area contributed by atoms with Crippen LogP contribution in [0, 0.1) is 18.2 Å². The summed E-state index contributed by atoms with van der Waals surface area (Å²) in [6, 6.07) is 4.91. The lowest BCUT2D eigenvalue weighted by atomic mass is 9.80. The van der Waals surface area contributed by atoms with E-state index in [1.165, 1.54) is 6.07 Å². The molecule has 2 heteroatoms. The van der Waals surface area contributed by atoms with Crippen molar-refractivity contribution in [3.63, 3.8) is 0 Å². The Hall–Kier alpha value is -0.890. The molecule has 1 fully saturated rings. The molecule has 2 rings (SSSR count). The molecule has 0 radical (unpaired) electrons. The molecule has 1 N–H and O–H groups in total. The molecule has 1 atom stereocenters. The van der Waals surface area contributed by atoms with Crippen LogP contribution in [0.2, 0.25) is 0 Å². The van der Waals surface area contributed by atoms with Crippen LogP contribution in [0.15, 0.2) is 18.2 Å². The Labute approximate surface area is 89.9 Å². The second-order valence-electron chi connectivity index (χ2n) is 5.12. The lowest BCUT2D eigenvalue weighted by Gasteiger charge is -2.31. The minimum atomic E-state index is -1.05. The molecule has 0 heterocycles. The zero-order valence-corrected chi connectivity index (χ0v) is 9.47. The van der Waals surface area contributed by atoms with Crippen LogP contribution in [-0.4, -0.2) is 5.11 Å². The summed E-state index contributed by atoms with van der Waals surface area (Å²) >= 11 is 0. The molecule has 1 unspecified atom stereocenters. The van der Waals surface area contributed by atoms with E-state index in [4.69, 9.17) is 0 Å². The van der Waals surface area contributed by atoms with Gasteiger partial charge in [-0.2, -0.15) is 0 Å². The van der Waals surface area contributed by atoms with Crippen molar-refractivity contribution in [2.45, 2.75) is 39.2 Å². The highest BCUT2D eigenvalue weighted by molar-refractivity contribution is 5.32. The number of aliphatic hydroxyl groups is 1. The molecule has 15 heavy (non-hydrogen) atoms. The van der Waals surface area contributed by atoms with Crippen LogP contribution in [0.3, 0.4) is 0 Å². The summed E-state index contributed by atoms with van der Waals surface area (Å²) in [6.45, 7) is 5.64. The standard InChI is InChI=1S/C13H17FO/c1-9-4-5-11(14)10(8-9)13(3,15)12(2)6-7-12/h4-5,8,15H,6-7H2,1-3H3. The van der Waals surface area contributed by atoms with Gasteiger partial charge in [0.2, 0.25) is 0 Å². The smallest absolute Gasteiger partial charge is 0.129 e. The number of aryl methyl sites for hydroxylation is 1. The van der Waals surface area contributed by atoms with E-state index in [0.29, 0.717) is 5.56 Å². The van der Waals surface area contributed by atoms with E-state index in [-0.39, 0.29) is 11.2 Å². The van der Waals surface area contributed by atoms with Gasteiger partial charge in [0, 0.05) is 11.0 Å². The second-order valence-corrected chi connectivity index (χ2v) is 5.12. The molecule has 1 aromatic carbocycles. The van der Waals surface area contributed by atoms with Crippen molar-refractivity contribution in [1.29, 1.82) is 0 Å². The Bertz CT molecular complexity index is 392. The molecular formula is C13H17FO. The van der Waals surface area contributed by atoms with Gasteiger partial charge in [-0.3, -0.25) is 0 Å². The third-order valence-corrected chi connectivity index (χ3v) is 3.82. The van der Waals surface area contributed by atoms with E-state index < -0.39 is 5.60 Å². The lowest BCUT2D eigenvalue weighted by molar-refractivity contribution is -0.0157. The maximum absolute atomic E-state index is 13.7. The number of rotatable bonds is 2. The first kappa shape index (κ1) is 10.6. The van der Waals surface area contributed by atoms with Gasteiger partial charge in [-0.25, -0.2) is 4.39 Å². The SMILES string of the molecule is Cc1ccc(F)c(C(C)(O)C2(C)CC2)c1. The Kier molecular flexibility index (Phi) is 2.16. The van der Waals surface area contributed by atoms with E-state index >= 15 is 0 Å². The van der Waals surface area contributed by atoms with E-state index in [1.54, 1.807) is 19.1 Å². The summed E-state index contributed by atoms with van der Waals surface area (Å²) in [5.41, 5.74) is 0.212. The van der Waals surface area contributed by atoms with Crippen molar-refractivity contribution in [1.82, 2.24) is 0 Å². The fourth-order valence-corrected chi connectivity index (χ4v) is 2.01. The predicted octanol–water partition coefficient (Wildman–Crippen LogP) is 3.14. The molecule has 1 nitrogen and oxygen atoms in total. The van der Waals surface area contributed by atoms with Crippen molar-refractivity contribution in [2.75, 3.05) is 0 Å². The number of halogens is 1. The quantitative estimate of drug-likeness (QED) is 0.791. The maximum Gasteiger partial charge on any atom is 0.129 e. The first-order valence-electron chi connectivity index (χ1n) is 5.36. The zero-order chi connectivity index (χ0) is 11.3. The van der Waals surface area contributed by atoms with Gasteiger partial charge in [0.15, 0.2) is 0 Å². The largest absolute Gasteiger partial charge is 0.385 e. The zero-order valence-electron chi connectivity index (χ0n) is 9.47. The number of benzene rings is 1. The molecule has 1 saturated carbocycles. The summed E-state index contributed by atoms with van der Waals surface area (Å²) in [7, 11) is 0. The van der Waals surface area contributed by atoms with Crippen LogP contribution in [-0.2, 0) is 5.60 Å². The first-order chi connectivity index (χ1) is 6.87. The Morgan fingerprint density at radius 3 is 2.53 bits per heavy atom. The minimum Gasteiger partial charge on any atom is -0.385 e. The summed E-state index contributed by atoms with van der Waals surface area (Å²) < 4.78 is 13.7. The van der Waals surface area contributed by atoms with E-state index in [0.717, 1.165) is 18.4 Å². The van der Waals surface area contributed by atoms with Crippen LogP contribution < -0.4 is 0 Å². The monoisotopic (exact) mass is 208 g/mol. The van der Waals surface area contributed by atoms with Crippen LogP contribution in [0.4, 0.5) is 4.39 Å². The Morgan fingerprint density at radius 1 is 1.40 bits per heavy atom. The Balaban J connectivity index is 2.48. The average Bonchev–Trinajstić information content (AvgIpc) is 2.89. The summed E-state index contributed by atoms with van der Waals surface area (Å²) in [5.74, 6) is -0.307. The highest BCUT2D eigenvalue weighted by Gasteiger charge is 2.53. The van der Waals surface area contributed by atoms with Crippen LogP contribution in [0.5, 0.6) is 0 Å². The molecule has 0 spiro atoms. The van der Waals surface area contributed by atoms with Gasteiger partial charge in [0.05, 0.1) is 5.60 Å². The second kappa shape index (κ2) is 3.05. The predicted molar refractivity (Wildman–Crippen MR) is 58.0 cm³/mol. The topological polar surface area (TPSA) is 20.2 Å². The van der Waals surface area contributed by atoms with Crippen LogP contribution in [0.25, 0.3) is 0 Å². The van der Waals surface area contributed by atoms with Crippen molar-refractivity contribution in [2.24, 2.45) is 5.41 Å². The van der Waals surface area contributed by atoms with Crippen LogP contribution in [0.1, 0.15) is 37.8 Å². The van der Waals surface area contributed by atoms with E-state index in [1.807, 2.05) is 13.8 Å². The highest BCUT2D eigenvalue weighted by atomic mass is 19.1. The molecule has 1 aromatic rings. The average molecular weight is 208 g/mol. The third-order valence-electron chi connectivity index (χ3n) is 3.82.